The van der Waals surface area contributed by atoms with Crippen LogP contribution in [0.2, 0.25) is 0 Å². The van der Waals surface area contributed by atoms with Crippen molar-refractivity contribution < 1.29 is 13.2 Å². The van der Waals surface area contributed by atoms with Gasteiger partial charge >= 0.3 is 6.18 Å². The molecule has 102 valence electrons. The van der Waals surface area contributed by atoms with Gasteiger partial charge in [-0.25, -0.2) is 9.97 Å². The number of hydrogen-bond donors (Lipinski definition) is 1. The van der Waals surface area contributed by atoms with Crippen molar-refractivity contribution in [3.05, 3.63) is 41.1 Å². The Morgan fingerprint density at radius 2 is 1.95 bits per heavy atom. The molecule has 2 aromatic rings. The summed E-state index contributed by atoms with van der Waals surface area (Å²) in [6.07, 6.45) is -3.03. The molecule has 0 atom stereocenters. The van der Waals surface area contributed by atoms with Gasteiger partial charge in [-0.3, -0.25) is 4.57 Å². The molecule has 0 spiro atoms. The standard InChI is InChI=1S/C12H13F3N4/c1-7-8(2)19(6-17-7)11-9(5-16)3-4-10(18-11)12(13,14)15/h3-4,6H,5,16H2,1-2H3. The van der Waals surface area contributed by atoms with E-state index in [4.69, 9.17) is 5.73 Å². The van der Waals surface area contributed by atoms with Gasteiger partial charge in [0.1, 0.15) is 17.8 Å². The van der Waals surface area contributed by atoms with Crippen molar-refractivity contribution in [1.29, 1.82) is 0 Å². The molecule has 0 amide bonds. The Labute approximate surface area is 108 Å². The molecule has 0 bridgehead atoms. The van der Waals surface area contributed by atoms with Gasteiger partial charge in [-0.05, 0) is 19.9 Å². The molecule has 2 N–H and O–H groups in total. The van der Waals surface area contributed by atoms with Gasteiger partial charge in [-0.15, -0.1) is 0 Å². The monoisotopic (exact) mass is 270 g/mol. The maximum Gasteiger partial charge on any atom is 0.433 e. The normalized spacial score (nSPS) is 11.9. The number of rotatable bonds is 2. The quantitative estimate of drug-likeness (QED) is 0.911. The van der Waals surface area contributed by atoms with E-state index in [0.29, 0.717) is 5.56 Å². The van der Waals surface area contributed by atoms with Gasteiger partial charge in [-0.2, -0.15) is 13.2 Å². The predicted molar refractivity (Wildman–Crippen MR) is 63.7 cm³/mol. The van der Waals surface area contributed by atoms with Crippen LogP contribution in [0, 0.1) is 13.8 Å². The first kappa shape index (κ1) is 13.5. The average molecular weight is 270 g/mol. The van der Waals surface area contributed by atoms with E-state index >= 15 is 0 Å². The van der Waals surface area contributed by atoms with Gasteiger partial charge in [0.05, 0.1) is 5.69 Å². The third-order valence-corrected chi connectivity index (χ3v) is 2.95. The van der Waals surface area contributed by atoms with Crippen LogP contribution < -0.4 is 5.73 Å². The highest BCUT2D eigenvalue weighted by Crippen LogP contribution is 2.29. The highest BCUT2D eigenvalue weighted by atomic mass is 19.4. The van der Waals surface area contributed by atoms with E-state index in [1.54, 1.807) is 13.8 Å². The highest BCUT2D eigenvalue weighted by Gasteiger charge is 2.33. The Kier molecular flexibility index (Phi) is 3.32. The van der Waals surface area contributed by atoms with Crippen molar-refractivity contribution in [2.45, 2.75) is 26.6 Å². The van der Waals surface area contributed by atoms with E-state index in [2.05, 4.69) is 9.97 Å². The van der Waals surface area contributed by atoms with Crippen LogP contribution in [0.25, 0.3) is 5.82 Å². The van der Waals surface area contributed by atoms with Crippen molar-refractivity contribution >= 4 is 0 Å². The van der Waals surface area contributed by atoms with Crippen LogP contribution >= 0.6 is 0 Å². The smallest absolute Gasteiger partial charge is 0.326 e. The maximum atomic E-state index is 12.7. The summed E-state index contributed by atoms with van der Waals surface area (Å²) >= 11 is 0. The van der Waals surface area contributed by atoms with Gasteiger partial charge in [0, 0.05) is 17.8 Å². The number of hydrogen-bond acceptors (Lipinski definition) is 3. The van der Waals surface area contributed by atoms with E-state index in [1.807, 2.05) is 0 Å². The molecule has 2 rings (SSSR count). The molecule has 4 nitrogen and oxygen atoms in total. The van der Waals surface area contributed by atoms with Crippen LogP contribution in [-0.2, 0) is 12.7 Å². The van der Waals surface area contributed by atoms with Crippen LogP contribution in [0.15, 0.2) is 18.5 Å². The third kappa shape index (κ3) is 2.46. The second-order valence-electron chi connectivity index (χ2n) is 4.17. The van der Waals surface area contributed by atoms with Crippen LogP contribution in [0.3, 0.4) is 0 Å². The fourth-order valence-corrected chi connectivity index (χ4v) is 1.72. The lowest BCUT2D eigenvalue weighted by Crippen LogP contribution is -2.14. The second-order valence-corrected chi connectivity index (χ2v) is 4.17. The fourth-order valence-electron chi connectivity index (χ4n) is 1.72. The predicted octanol–water partition coefficient (Wildman–Crippen LogP) is 2.36. The summed E-state index contributed by atoms with van der Waals surface area (Å²) < 4.78 is 39.6. The molecule has 0 aliphatic heterocycles. The zero-order valence-electron chi connectivity index (χ0n) is 10.5. The molecule has 19 heavy (non-hydrogen) atoms. The molecule has 0 aliphatic carbocycles. The summed E-state index contributed by atoms with van der Waals surface area (Å²) in [4.78, 5) is 7.74. The number of pyridine rings is 1. The number of alkyl halides is 3. The Bertz CT molecular complexity index is 602. The van der Waals surface area contributed by atoms with Crippen molar-refractivity contribution in [2.24, 2.45) is 5.73 Å². The summed E-state index contributed by atoms with van der Waals surface area (Å²) in [6, 6.07) is 2.28. The summed E-state index contributed by atoms with van der Waals surface area (Å²) in [7, 11) is 0. The fraction of sp³-hybridized carbons (Fsp3) is 0.333. The molecule has 0 aliphatic rings. The lowest BCUT2D eigenvalue weighted by molar-refractivity contribution is -0.141. The molecule has 0 fully saturated rings. The lowest BCUT2D eigenvalue weighted by atomic mass is 10.2. The van der Waals surface area contributed by atoms with Gasteiger partial charge in [0.25, 0.3) is 0 Å². The summed E-state index contributed by atoms with van der Waals surface area (Å²) in [5.74, 6) is 0.176. The maximum absolute atomic E-state index is 12.7. The SMILES string of the molecule is Cc1ncn(-c2nc(C(F)(F)F)ccc2CN)c1C. The molecular formula is C12H13F3N4. The lowest BCUT2D eigenvalue weighted by Gasteiger charge is -2.13. The Balaban J connectivity index is 2.63. The number of halogens is 3. The highest BCUT2D eigenvalue weighted by molar-refractivity contribution is 5.38. The van der Waals surface area contributed by atoms with E-state index in [-0.39, 0.29) is 12.4 Å². The van der Waals surface area contributed by atoms with Gasteiger partial charge < -0.3 is 5.73 Å². The minimum absolute atomic E-state index is 0.108. The summed E-state index contributed by atoms with van der Waals surface area (Å²) in [6.45, 7) is 3.66. The van der Waals surface area contributed by atoms with E-state index in [9.17, 15) is 13.2 Å². The molecule has 2 heterocycles. The summed E-state index contributed by atoms with van der Waals surface area (Å²) in [5.41, 5.74) is 6.62. The van der Waals surface area contributed by atoms with Crippen molar-refractivity contribution in [2.75, 3.05) is 0 Å². The molecule has 2 aromatic heterocycles. The minimum atomic E-state index is -4.48. The van der Waals surface area contributed by atoms with Crippen molar-refractivity contribution in [1.82, 2.24) is 14.5 Å². The molecular weight excluding hydrogens is 257 g/mol. The molecule has 0 unspecified atom stereocenters. The van der Waals surface area contributed by atoms with E-state index in [0.717, 1.165) is 17.5 Å². The van der Waals surface area contributed by atoms with Crippen molar-refractivity contribution in [3.63, 3.8) is 0 Å². The first-order valence-electron chi connectivity index (χ1n) is 5.62. The van der Waals surface area contributed by atoms with Crippen LogP contribution in [0.5, 0.6) is 0 Å². The molecule has 0 radical (unpaired) electrons. The third-order valence-electron chi connectivity index (χ3n) is 2.95. The topological polar surface area (TPSA) is 56.7 Å². The number of aromatic nitrogens is 3. The number of nitrogens with two attached hydrogens (primary N) is 1. The van der Waals surface area contributed by atoms with Gasteiger partial charge in [0.2, 0.25) is 0 Å². The molecule has 7 heteroatoms. The molecule has 0 saturated carbocycles. The van der Waals surface area contributed by atoms with Crippen molar-refractivity contribution in [3.8, 4) is 5.82 Å². The Morgan fingerprint density at radius 1 is 1.26 bits per heavy atom. The first-order valence-corrected chi connectivity index (χ1v) is 5.62. The molecule has 0 saturated heterocycles. The van der Waals surface area contributed by atoms with Crippen LogP contribution in [-0.4, -0.2) is 14.5 Å². The van der Waals surface area contributed by atoms with E-state index < -0.39 is 11.9 Å². The Hall–Kier alpha value is -1.89. The van der Waals surface area contributed by atoms with Crippen LogP contribution in [0.4, 0.5) is 13.2 Å². The number of nitrogens with zero attached hydrogens (tertiary/aromatic N) is 3. The number of aryl methyl sites for hydroxylation is 1. The zero-order valence-corrected chi connectivity index (χ0v) is 10.5. The van der Waals surface area contributed by atoms with Crippen LogP contribution in [0.1, 0.15) is 22.6 Å². The average Bonchev–Trinajstić information content (AvgIpc) is 2.68. The van der Waals surface area contributed by atoms with Gasteiger partial charge in [-0.1, -0.05) is 6.07 Å². The largest absolute Gasteiger partial charge is 0.433 e. The zero-order chi connectivity index (χ0) is 14.2. The van der Waals surface area contributed by atoms with Gasteiger partial charge in [0.15, 0.2) is 0 Å². The Morgan fingerprint density at radius 3 is 2.42 bits per heavy atom. The summed E-state index contributed by atoms with van der Waals surface area (Å²) in [5, 5.41) is 0. The second kappa shape index (κ2) is 4.65. The minimum Gasteiger partial charge on any atom is -0.326 e. The first-order chi connectivity index (χ1) is 8.84. The molecule has 0 aromatic carbocycles. The van der Waals surface area contributed by atoms with E-state index in [1.165, 1.54) is 17.0 Å². The number of imidazole rings is 1.